The first-order valence-electron chi connectivity index (χ1n) is 6.95. The van der Waals surface area contributed by atoms with Gasteiger partial charge >= 0.3 is 0 Å². The van der Waals surface area contributed by atoms with Gasteiger partial charge in [-0.3, -0.25) is 4.99 Å². The highest BCUT2D eigenvalue weighted by atomic mass is 32.2. The molecule has 1 aliphatic heterocycles. The van der Waals surface area contributed by atoms with Crippen molar-refractivity contribution in [3.63, 3.8) is 0 Å². The minimum absolute atomic E-state index is 0.188. The predicted molar refractivity (Wildman–Crippen MR) is 94.4 cm³/mol. The van der Waals surface area contributed by atoms with Crippen molar-refractivity contribution >= 4 is 36.9 Å². The SMILES string of the molecule is CSC1=NCCS[C@](C)(CO[Si](C)(C)C(C)(C)C)C1. The molecule has 0 amide bonds. The molecule has 1 heterocycles. The summed E-state index contributed by atoms with van der Waals surface area (Å²) in [5, 5.41) is 1.57. The summed E-state index contributed by atoms with van der Waals surface area (Å²) in [6, 6.07) is 0. The average Bonchev–Trinajstić information content (AvgIpc) is 2.48. The second-order valence-corrected chi connectivity index (χ2v) is 14.4. The van der Waals surface area contributed by atoms with Crippen molar-refractivity contribution in [1.82, 2.24) is 0 Å². The largest absolute Gasteiger partial charge is 0.415 e. The predicted octanol–water partition coefficient (Wildman–Crippen LogP) is 4.67. The van der Waals surface area contributed by atoms with Crippen LogP contribution < -0.4 is 0 Å². The third-order valence-corrected chi connectivity index (χ3v) is 10.7. The summed E-state index contributed by atoms with van der Waals surface area (Å²) in [6.07, 6.45) is 3.18. The van der Waals surface area contributed by atoms with Crippen LogP contribution in [0.5, 0.6) is 0 Å². The maximum absolute atomic E-state index is 6.44. The molecule has 1 rings (SSSR count). The Bertz CT molecular complexity index is 339. The zero-order valence-electron chi connectivity index (χ0n) is 13.5. The Labute approximate surface area is 128 Å². The van der Waals surface area contributed by atoms with Crippen LogP contribution in [0.2, 0.25) is 18.1 Å². The lowest BCUT2D eigenvalue weighted by Gasteiger charge is -2.39. The molecule has 0 fully saturated rings. The van der Waals surface area contributed by atoms with Gasteiger partial charge in [-0.1, -0.05) is 20.8 Å². The van der Waals surface area contributed by atoms with E-state index in [4.69, 9.17) is 4.43 Å². The second-order valence-electron chi connectivity index (χ2n) is 7.00. The fourth-order valence-electron chi connectivity index (χ4n) is 1.67. The van der Waals surface area contributed by atoms with Gasteiger partial charge in [0.1, 0.15) is 0 Å². The van der Waals surface area contributed by atoms with E-state index in [9.17, 15) is 0 Å². The molecule has 0 saturated heterocycles. The van der Waals surface area contributed by atoms with Crippen LogP contribution in [0.1, 0.15) is 34.1 Å². The molecule has 1 aliphatic rings. The first kappa shape index (κ1) is 17.6. The van der Waals surface area contributed by atoms with Gasteiger partial charge in [0.15, 0.2) is 8.32 Å². The van der Waals surface area contributed by atoms with Crippen LogP contribution >= 0.6 is 23.5 Å². The summed E-state index contributed by atoms with van der Waals surface area (Å²) in [5.41, 5.74) is 0. The molecule has 0 unspecified atom stereocenters. The first-order valence-corrected chi connectivity index (χ1v) is 12.1. The lowest BCUT2D eigenvalue weighted by Crippen LogP contribution is -2.44. The third-order valence-electron chi connectivity index (χ3n) is 4.14. The Kier molecular flexibility index (Phi) is 6.06. The number of nitrogens with zero attached hydrogens (tertiary/aromatic N) is 1. The number of aliphatic imine (C=N–C) groups is 1. The minimum Gasteiger partial charge on any atom is -0.415 e. The van der Waals surface area contributed by atoms with Gasteiger partial charge in [0.2, 0.25) is 0 Å². The topological polar surface area (TPSA) is 21.6 Å². The highest BCUT2D eigenvalue weighted by Gasteiger charge is 2.39. The number of rotatable bonds is 3. The molecule has 0 aromatic carbocycles. The lowest BCUT2D eigenvalue weighted by molar-refractivity contribution is 0.257. The van der Waals surface area contributed by atoms with E-state index < -0.39 is 8.32 Å². The molecule has 0 aromatic heterocycles. The Hall–Kier alpha value is 0.547. The fraction of sp³-hybridized carbons (Fsp3) is 0.929. The van der Waals surface area contributed by atoms with Crippen molar-refractivity contribution in [3.05, 3.63) is 0 Å². The number of hydrogen-bond acceptors (Lipinski definition) is 4. The molecule has 0 radical (unpaired) electrons. The molecule has 1 atom stereocenters. The van der Waals surface area contributed by atoms with E-state index >= 15 is 0 Å². The zero-order chi connectivity index (χ0) is 14.7. The van der Waals surface area contributed by atoms with Gasteiger partial charge in [0, 0.05) is 30.1 Å². The van der Waals surface area contributed by atoms with Crippen LogP contribution in [0.15, 0.2) is 4.99 Å². The highest BCUT2D eigenvalue weighted by molar-refractivity contribution is 8.13. The van der Waals surface area contributed by atoms with E-state index in [2.05, 4.69) is 52.0 Å². The van der Waals surface area contributed by atoms with Crippen molar-refractivity contribution in [2.45, 2.75) is 57.0 Å². The molecular formula is C14H29NOS2Si. The van der Waals surface area contributed by atoms with E-state index in [1.807, 2.05) is 11.8 Å². The quantitative estimate of drug-likeness (QED) is 0.706. The van der Waals surface area contributed by atoms with Crippen molar-refractivity contribution in [1.29, 1.82) is 0 Å². The molecule has 112 valence electrons. The number of hydrogen-bond donors (Lipinski definition) is 0. The molecule has 0 N–H and O–H groups in total. The van der Waals surface area contributed by atoms with Gasteiger partial charge in [0.05, 0.1) is 5.04 Å². The molecule has 5 heteroatoms. The normalized spacial score (nSPS) is 25.9. The summed E-state index contributed by atoms with van der Waals surface area (Å²) in [6.45, 7) is 15.7. The van der Waals surface area contributed by atoms with Crippen molar-refractivity contribution < 1.29 is 4.43 Å². The Morgan fingerprint density at radius 1 is 1.42 bits per heavy atom. The summed E-state index contributed by atoms with van der Waals surface area (Å²) < 4.78 is 6.63. The van der Waals surface area contributed by atoms with Gasteiger partial charge in [-0.05, 0) is 31.3 Å². The van der Waals surface area contributed by atoms with Crippen molar-refractivity contribution in [2.75, 3.05) is 25.2 Å². The first-order chi connectivity index (χ1) is 8.60. The molecule has 0 saturated carbocycles. The van der Waals surface area contributed by atoms with E-state index in [0.717, 1.165) is 25.3 Å². The van der Waals surface area contributed by atoms with E-state index in [1.165, 1.54) is 5.04 Å². The highest BCUT2D eigenvalue weighted by Crippen LogP contribution is 2.40. The molecule has 0 aliphatic carbocycles. The monoisotopic (exact) mass is 319 g/mol. The number of thioether (sulfide) groups is 2. The smallest absolute Gasteiger partial charge is 0.192 e. The average molecular weight is 320 g/mol. The third kappa shape index (κ3) is 5.10. The Morgan fingerprint density at radius 2 is 2.05 bits per heavy atom. The van der Waals surface area contributed by atoms with Crippen molar-refractivity contribution in [2.24, 2.45) is 4.99 Å². The van der Waals surface area contributed by atoms with E-state index in [0.29, 0.717) is 0 Å². The summed E-state index contributed by atoms with van der Waals surface area (Å²) >= 11 is 3.82. The van der Waals surface area contributed by atoms with Gasteiger partial charge in [-0.15, -0.1) is 11.8 Å². The van der Waals surface area contributed by atoms with Crippen LogP contribution in [0.3, 0.4) is 0 Å². The van der Waals surface area contributed by atoms with Crippen molar-refractivity contribution in [3.8, 4) is 0 Å². The van der Waals surface area contributed by atoms with Crippen LogP contribution in [-0.2, 0) is 4.43 Å². The van der Waals surface area contributed by atoms with E-state index in [-0.39, 0.29) is 9.79 Å². The summed E-state index contributed by atoms with van der Waals surface area (Å²) in [7, 11) is -1.64. The molecule has 2 nitrogen and oxygen atoms in total. The van der Waals surface area contributed by atoms with Gasteiger partial charge in [0.25, 0.3) is 0 Å². The maximum atomic E-state index is 6.44. The van der Waals surface area contributed by atoms with Gasteiger partial charge < -0.3 is 4.43 Å². The summed E-state index contributed by atoms with van der Waals surface area (Å²) in [5.74, 6) is 1.11. The lowest BCUT2D eigenvalue weighted by atomic mass is 10.1. The standard InChI is InChI=1S/C14H29NOS2Si/c1-13(2,3)19(6,7)16-11-14(4)10-12(17-5)15-8-9-18-14/h8-11H2,1-7H3/t14-/m0/s1. The van der Waals surface area contributed by atoms with E-state index in [1.54, 1.807) is 11.8 Å². The minimum atomic E-state index is -1.64. The maximum Gasteiger partial charge on any atom is 0.192 e. The van der Waals surface area contributed by atoms with Crippen LogP contribution in [0.25, 0.3) is 0 Å². The van der Waals surface area contributed by atoms with Crippen LogP contribution in [0.4, 0.5) is 0 Å². The Morgan fingerprint density at radius 3 is 2.58 bits per heavy atom. The Balaban J connectivity index is 2.67. The molecule has 19 heavy (non-hydrogen) atoms. The van der Waals surface area contributed by atoms with Gasteiger partial charge in [-0.2, -0.15) is 11.8 Å². The van der Waals surface area contributed by atoms with Crippen LogP contribution in [-0.4, -0.2) is 43.3 Å². The van der Waals surface area contributed by atoms with Gasteiger partial charge in [-0.25, -0.2) is 0 Å². The molecule has 0 aromatic rings. The molecular weight excluding hydrogens is 290 g/mol. The molecule has 0 spiro atoms. The fourth-order valence-corrected chi connectivity index (χ4v) is 4.72. The molecule has 0 bridgehead atoms. The van der Waals surface area contributed by atoms with Crippen LogP contribution in [0, 0.1) is 0 Å². The summed E-state index contributed by atoms with van der Waals surface area (Å²) in [4.78, 5) is 4.64. The second kappa shape index (κ2) is 6.54. The zero-order valence-corrected chi connectivity index (χ0v) is 16.1.